The van der Waals surface area contributed by atoms with Gasteiger partial charge in [-0.15, -0.1) is 0 Å². The van der Waals surface area contributed by atoms with E-state index in [1.54, 1.807) is 14.2 Å². The third-order valence-corrected chi connectivity index (χ3v) is 8.04. The molecule has 0 saturated carbocycles. The van der Waals surface area contributed by atoms with Crippen LogP contribution in [0.25, 0.3) is 0 Å². The Kier molecular flexibility index (Phi) is 11.9. The Morgan fingerprint density at radius 2 is 1.74 bits per heavy atom. The number of carbonyl (C=O) groups excluding carboxylic acids is 1. The summed E-state index contributed by atoms with van der Waals surface area (Å²) < 4.78 is 29.6. The molecular formula is C33H49N3O6. The number of hydrogen-bond donors (Lipinski definition) is 1. The topological polar surface area (TPSA) is 81.7 Å². The molecule has 232 valence electrons. The van der Waals surface area contributed by atoms with Crippen molar-refractivity contribution in [1.82, 2.24) is 10.2 Å². The highest BCUT2D eigenvalue weighted by atomic mass is 16.5. The van der Waals surface area contributed by atoms with Crippen molar-refractivity contribution in [3.63, 3.8) is 0 Å². The molecule has 0 aromatic heterocycles. The minimum Gasteiger partial charge on any atom is -0.497 e. The molecule has 9 heteroatoms. The van der Waals surface area contributed by atoms with E-state index >= 15 is 0 Å². The van der Waals surface area contributed by atoms with Gasteiger partial charge in [0.1, 0.15) is 24.7 Å². The lowest BCUT2D eigenvalue weighted by atomic mass is 9.85. The zero-order valence-electron chi connectivity index (χ0n) is 26.1. The van der Waals surface area contributed by atoms with E-state index in [-0.39, 0.29) is 42.7 Å². The Labute approximate surface area is 251 Å². The smallest absolute Gasteiger partial charge is 0.249 e. The van der Waals surface area contributed by atoms with Crippen LogP contribution in [0.1, 0.15) is 51.2 Å². The maximum Gasteiger partial charge on any atom is 0.249 e. The van der Waals surface area contributed by atoms with Crippen molar-refractivity contribution in [2.45, 2.75) is 70.9 Å². The molecule has 42 heavy (non-hydrogen) atoms. The van der Waals surface area contributed by atoms with Gasteiger partial charge >= 0.3 is 0 Å². The second-order valence-electron chi connectivity index (χ2n) is 11.6. The molecule has 2 aromatic carbocycles. The van der Waals surface area contributed by atoms with E-state index in [2.05, 4.69) is 34.5 Å². The summed E-state index contributed by atoms with van der Waals surface area (Å²) in [6.45, 7) is 13.2. The average molecular weight is 584 g/mol. The molecule has 2 aromatic rings. The predicted molar refractivity (Wildman–Crippen MR) is 165 cm³/mol. The zero-order valence-corrected chi connectivity index (χ0v) is 26.1. The lowest BCUT2D eigenvalue weighted by Crippen LogP contribution is -2.52. The van der Waals surface area contributed by atoms with Crippen molar-refractivity contribution in [1.29, 1.82) is 0 Å². The van der Waals surface area contributed by atoms with Crippen LogP contribution >= 0.6 is 0 Å². The maximum absolute atomic E-state index is 13.1. The fraction of sp³-hybridized carbons (Fsp3) is 0.606. The average Bonchev–Trinajstić information content (AvgIpc) is 2.99. The summed E-state index contributed by atoms with van der Waals surface area (Å²) in [7, 11) is 3.40. The number of carbonyl (C=O) groups is 1. The van der Waals surface area contributed by atoms with Crippen molar-refractivity contribution in [2.75, 3.05) is 65.1 Å². The number of nitrogens with one attached hydrogen (secondary N) is 1. The largest absolute Gasteiger partial charge is 0.497 e. The van der Waals surface area contributed by atoms with Crippen molar-refractivity contribution in [3.8, 4) is 11.5 Å². The van der Waals surface area contributed by atoms with Crippen LogP contribution in [0.3, 0.4) is 0 Å². The minimum absolute atomic E-state index is 0.00264. The van der Waals surface area contributed by atoms with Crippen LogP contribution in [-0.4, -0.2) is 95.3 Å². The number of rotatable bonds is 14. The summed E-state index contributed by atoms with van der Waals surface area (Å²) in [6.07, 6.45) is 0.586. The van der Waals surface area contributed by atoms with Gasteiger partial charge in [-0.3, -0.25) is 4.79 Å². The fourth-order valence-electron chi connectivity index (χ4n) is 6.11. The molecular weight excluding hydrogens is 534 g/mol. The molecule has 2 aliphatic rings. The normalized spacial score (nSPS) is 20.4. The van der Waals surface area contributed by atoms with Gasteiger partial charge in [0.15, 0.2) is 0 Å². The Morgan fingerprint density at radius 3 is 2.40 bits per heavy atom. The Balaban J connectivity index is 1.49. The van der Waals surface area contributed by atoms with Gasteiger partial charge in [0.2, 0.25) is 5.91 Å². The SMILES string of the molecule is COCCCN1CCOc2ccc(CO[C@H]3CNC[C@@H](OCC(=O)N(C(C)C)C(C)C)[C@@H]3c3ccc(OC)cc3)cc21. The molecule has 1 N–H and O–H groups in total. The zero-order chi connectivity index (χ0) is 30.1. The van der Waals surface area contributed by atoms with E-state index in [0.29, 0.717) is 26.3 Å². The highest BCUT2D eigenvalue weighted by Gasteiger charge is 2.37. The summed E-state index contributed by atoms with van der Waals surface area (Å²) >= 11 is 0. The highest BCUT2D eigenvalue weighted by Crippen LogP contribution is 2.35. The number of amides is 1. The van der Waals surface area contributed by atoms with Crippen molar-refractivity contribution in [2.24, 2.45) is 0 Å². The van der Waals surface area contributed by atoms with Gasteiger partial charge in [0.25, 0.3) is 0 Å². The van der Waals surface area contributed by atoms with Crippen molar-refractivity contribution >= 4 is 11.6 Å². The van der Waals surface area contributed by atoms with Crippen molar-refractivity contribution in [3.05, 3.63) is 53.6 Å². The molecule has 0 radical (unpaired) electrons. The number of anilines is 1. The van der Waals surface area contributed by atoms with Crippen LogP contribution < -0.4 is 19.7 Å². The van der Waals surface area contributed by atoms with Gasteiger partial charge in [0.05, 0.1) is 38.2 Å². The van der Waals surface area contributed by atoms with Crippen LogP contribution in [0.5, 0.6) is 11.5 Å². The Morgan fingerprint density at radius 1 is 1.02 bits per heavy atom. The second kappa shape index (κ2) is 15.6. The lowest BCUT2D eigenvalue weighted by molar-refractivity contribution is -0.144. The molecule has 1 amide bonds. The van der Waals surface area contributed by atoms with Crippen molar-refractivity contribution < 1.29 is 28.5 Å². The highest BCUT2D eigenvalue weighted by molar-refractivity contribution is 5.78. The first-order valence-electron chi connectivity index (χ1n) is 15.2. The molecule has 0 aliphatic carbocycles. The number of methoxy groups -OCH3 is 2. The monoisotopic (exact) mass is 583 g/mol. The first-order valence-corrected chi connectivity index (χ1v) is 15.2. The summed E-state index contributed by atoms with van der Waals surface area (Å²) in [6, 6.07) is 14.6. The maximum atomic E-state index is 13.1. The quantitative estimate of drug-likeness (QED) is 0.331. The fourth-order valence-corrected chi connectivity index (χ4v) is 6.11. The van der Waals surface area contributed by atoms with E-state index in [9.17, 15) is 4.79 Å². The molecule has 0 unspecified atom stereocenters. The standard InChI is InChI=1S/C33H49N3O6/c1-23(2)36(24(3)4)32(37)22-42-31-20-34-19-30(33(31)26-9-11-27(39-6)12-10-26)41-21-25-8-13-29-28(18-25)35(15-17-40-29)14-7-16-38-5/h8-13,18,23-24,30-31,33-34H,7,14-17,19-22H2,1-6H3/t30-,31+,33+/m0/s1. The van der Waals surface area contributed by atoms with Gasteiger partial charge in [-0.05, 0) is 69.5 Å². The first-order chi connectivity index (χ1) is 20.3. The number of ether oxygens (including phenoxy) is 5. The van der Waals surface area contributed by atoms with Crippen LogP contribution in [0, 0.1) is 0 Å². The Hall–Kier alpha value is -2.85. The van der Waals surface area contributed by atoms with E-state index in [1.807, 2.05) is 50.8 Å². The van der Waals surface area contributed by atoms with Crippen LogP contribution in [-0.2, 0) is 25.6 Å². The van der Waals surface area contributed by atoms with E-state index in [0.717, 1.165) is 54.4 Å². The molecule has 1 saturated heterocycles. The van der Waals surface area contributed by atoms with E-state index in [4.69, 9.17) is 23.7 Å². The predicted octanol–water partition coefficient (Wildman–Crippen LogP) is 4.23. The number of piperidine rings is 1. The molecule has 0 spiro atoms. The van der Waals surface area contributed by atoms with Gasteiger partial charge in [-0.2, -0.15) is 0 Å². The lowest BCUT2D eigenvalue weighted by Gasteiger charge is -2.39. The van der Waals surface area contributed by atoms with Gasteiger partial charge in [-0.1, -0.05) is 18.2 Å². The third kappa shape index (κ3) is 8.16. The first kappa shape index (κ1) is 32.1. The Bertz CT molecular complexity index is 1120. The number of hydrogen-bond acceptors (Lipinski definition) is 8. The van der Waals surface area contributed by atoms with Crippen LogP contribution in [0.4, 0.5) is 5.69 Å². The number of benzene rings is 2. The van der Waals surface area contributed by atoms with Crippen LogP contribution in [0.2, 0.25) is 0 Å². The molecule has 2 aliphatic heterocycles. The second-order valence-corrected chi connectivity index (χ2v) is 11.6. The third-order valence-electron chi connectivity index (χ3n) is 8.04. The van der Waals surface area contributed by atoms with E-state index in [1.165, 1.54) is 0 Å². The summed E-state index contributed by atoms with van der Waals surface area (Å²) in [4.78, 5) is 17.4. The van der Waals surface area contributed by atoms with Gasteiger partial charge < -0.3 is 38.8 Å². The molecule has 2 heterocycles. The molecule has 0 bridgehead atoms. The summed E-state index contributed by atoms with van der Waals surface area (Å²) in [5.41, 5.74) is 3.30. The van der Waals surface area contributed by atoms with Crippen LogP contribution in [0.15, 0.2) is 42.5 Å². The molecule has 3 atom stereocenters. The molecule has 9 nitrogen and oxygen atoms in total. The van der Waals surface area contributed by atoms with Gasteiger partial charge in [-0.25, -0.2) is 0 Å². The minimum atomic E-state index is -0.226. The molecule has 4 rings (SSSR count). The number of nitrogens with zero attached hydrogens (tertiary/aromatic N) is 2. The summed E-state index contributed by atoms with van der Waals surface area (Å²) in [5, 5.41) is 3.49. The van der Waals surface area contributed by atoms with Gasteiger partial charge in [0, 0.05) is 51.4 Å². The molecule has 1 fully saturated rings. The van der Waals surface area contributed by atoms with E-state index < -0.39 is 0 Å². The summed E-state index contributed by atoms with van der Waals surface area (Å²) in [5.74, 6) is 1.66. The number of fused-ring (bicyclic) bond motifs is 1.